The van der Waals surface area contributed by atoms with Gasteiger partial charge >= 0.3 is 0 Å². The summed E-state index contributed by atoms with van der Waals surface area (Å²) in [5.74, 6) is -0.334. The Bertz CT molecular complexity index is 1380. The Balaban J connectivity index is 1.43. The second kappa shape index (κ2) is 9.43. The van der Waals surface area contributed by atoms with Gasteiger partial charge in [-0.1, -0.05) is 0 Å². The number of hydrogen-bond acceptors (Lipinski definition) is 6. The second-order valence-electron chi connectivity index (χ2n) is 7.23. The van der Waals surface area contributed by atoms with E-state index in [0.717, 1.165) is 4.68 Å². The fraction of sp³-hybridized carbons (Fsp3) is 0.174. The quantitative estimate of drug-likeness (QED) is 0.463. The van der Waals surface area contributed by atoms with Crippen LogP contribution in [0.15, 0.2) is 80.9 Å². The summed E-state index contributed by atoms with van der Waals surface area (Å²) in [4.78, 5) is 37.0. The van der Waals surface area contributed by atoms with Crippen LogP contribution in [0.3, 0.4) is 0 Å². The lowest BCUT2D eigenvalue weighted by atomic mass is 10.1. The van der Waals surface area contributed by atoms with Gasteiger partial charge in [-0.05, 0) is 55.5 Å². The summed E-state index contributed by atoms with van der Waals surface area (Å²) in [6.45, 7) is 1.77. The predicted octanol–water partition coefficient (Wildman–Crippen LogP) is 2.24. The van der Waals surface area contributed by atoms with E-state index in [0.29, 0.717) is 22.7 Å². The van der Waals surface area contributed by atoms with Crippen molar-refractivity contribution < 1.29 is 13.6 Å². The highest BCUT2D eigenvalue weighted by molar-refractivity contribution is 5.79. The molecule has 168 valence electrons. The average Bonchev–Trinajstić information content (AvgIpc) is 3.36. The molecule has 1 aromatic carbocycles. The normalized spacial score (nSPS) is 11.8. The summed E-state index contributed by atoms with van der Waals surface area (Å²) in [7, 11) is 0. The lowest BCUT2D eigenvalue weighted by molar-refractivity contribution is -0.124. The summed E-state index contributed by atoms with van der Waals surface area (Å²) in [6.07, 6.45) is 1.49. The Labute approximate surface area is 187 Å². The number of carbonyl (C=O) groups is 1. The second-order valence-corrected chi connectivity index (χ2v) is 7.23. The van der Waals surface area contributed by atoms with Crippen molar-refractivity contribution in [3.63, 3.8) is 0 Å². The Morgan fingerprint density at radius 2 is 1.73 bits per heavy atom. The Morgan fingerprint density at radius 1 is 1.00 bits per heavy atom. The summed E-state index contributed by atoms with van der Waals surface area (Å²) in [6, 6.07) is 14.0. The summed E-state index contributed by atoms with van der Waals surface area (Å²) in [5, 5.41) is 11.2. The molecule has 1 amide bonds. The lowest BCUT2D eigenvalue weighted by Gasteiger charge is -2.15. The van der Waals surface area contributed by atoms with E-state index in [2.05, 4.69) is 15.5 Å². The number of benzene rings is 1. The molecule has 1 unspecified atom stereocenters. The van der Waals surface area contributed by atoms with Crippen molar-refractivity contribution in [2.24, 2.45) is 0 Å². The first kappa shape index (κ1) is 21.9. The number of hydrogen-bond donors (Lipinski definition) is 1. The first-order valence-corrected chi connectivity index (χ1v) is 10.2. The van der Waals surface area contributed by atoms with Gasteiger partial charge in [0.25, 0.3) is 11.1 Å². The van der Waals surface area contributed by atoms with Crippen molar-refractivity contribution in [3.05, 3.63) is 93.5 Å². The topological polar surface area (TPSA) is 112 Å². The van der Waals surface area contributed by atoms with E-state index in [1.54, 1.807) is 37.3 Å². The van der Waals surface area contributed by atoms with Gasteiger partial charge in [-0.2, -0.15) is 10.2 Å². The van der Waals surface area contributed by atoms with Gasteiger partial charge < -0.3 is 9.73 Å². The van der Waals surface area contributed by atoms with Crippen molar-refractivity contribution in [1.82, 2.24) is 24.9 Å². The standard InChI is InChI=1S/C23H20FN5O4/c1-15(29-22(31)11-9-19(27-29)20-3-2-14-33-20)23(32)25-12-13-28-21(30)10-8-18(26-28)16-4-6-17(24)7-5-16/h2-11,14-15H,12-13H2,1H3,(H,25,32). The Kier molecular flexibility index (Phi) is 6.25. The molecule has 3 aromatic heterocycles. The molecule has 3 heterocycles. The van der Waals surface area contributed by atoms with Crippen LogP contribution in [0.2, 0.25) is 0 Å². The van der Waals surface area contributed by atoms with E-state index in [-0.39, 0.29) is 24.5 Å². The van der Waals surface area contributed by atoms with Gasteiger partial charge in [0.05, 0.1) is 18.5 Å². The number of aromatic nitrogens is 4. The minimum absolute atomic E-state index is 0.107. The highest BCUT2D eigenvalue weighted by Gasteiger charge is 2.18. The van der Waals surface area contributed by atoms with Gasteiger partial charge in [-0.3, -0.25) is 14.4 Å². The molecule has 1 N–H and O–H groups in total. The molecule has 0 aliphatic heterocycles. The van der Waals surface area contributed by atoms with E-state index < -0.39 is 17.5 Å². The maximum absolute atomic E-state index is 13.1. The zero-order valence-corrected chi connectivity index (χ0v) is 17.6. The number of nitrogens with one attached hydrogen (secondary N) is 1. The van der Waals surface area contributed by atoms with Crippen molar-refractivity contribution in [1.29, 1.82) is 0 Å². The van der Waals surface area contributed by atoms with Crippen molar-refractivity contribution in [3.8, 4) is 22.7 Å². The maximum Gasteiger partial charge on any atom is 0.267 e. The lowest BCUT2D eigenvalue weighted by Crippen LogP contribution is -2.39. The average molecular weight is 449 g/mol. The molecule has 0 aliphatic carbocycles. The number of halogens is 1. The third-order valence-corrected chi connectivity index (χ3v) is 4.97. The summed E-state index contributed by atoms with van der Waals surface area (Å²) >= 11 is 0. The molecule has 0 fully saturated rings. The molecule has 0 aliphatic rings. The molecule has 0 saturated heterocycles. The van der Waals surface area contributed by atoms with Crippen LogP contribution in [0, 0.1) is 5.82 Å². The first-order valence-electron chi connectivity index (χ1n) is 10.2. The van der Waals surface area contributed by atoms with Crippen molar-refractivity contribution in [2.45, 2.75) is 19.5 Å². The molecule has 10 heteroatoms. The summed E-state index contributed by atoms with van der Waals surface area (Å²) < 4.78 is 20.7. The van der Waals surface area contributed by atoms with Gasteiger partial charge in [-0.25, -0.2) is 13.8 Å². The van der Waals surface area contributed by atoms with E-state index in [4.69, 9.17) is 4.42 Å². The third kappa shape index (κ3) is 4.95. The summed E-state index contributed by atoms with van der Waals surface area (Å²) in [5.41, 5.74) is 0.808. The van der Waals surface area contributed by atoms with Crippen LogP contribution in [-0.4, -0.2) is 32.0 Å². The SMILES string of the molecule is CC(C(=O)NCCn1nc(-c2ccc(F)cc2)ccc1=O)n1nc(-c2ccco2)ccc1=O. The molecule has 0 spiro atoms. The Hall–Kier alpha value is -4.34. The monoisotopic (exact) mass is 449 g/mol. The van der Waals surface area contributed by atoms with Gasteiger partial charge in [0.2, 0.25) is 5.91 Å². The van der Waals surface area contributed by atoms with Crippen LogP contribution in [0.1, 0.15) is 13.0 Å². The number of rotatable bonds is 7. The van der Waals surface area contributed by atoms with E-state index in [1.165, 1.54) is 41.3 Å². The van der Waals surface area contributed by atoms with Crippen LogP contribution >= 0.6 is 0 Å². The molecular weight excluding hydrogens is 429 g/mol. The maximum atomic E-state index is 13.1. The van der Waals surface area contributed by atoms with Gasteiger partial charge in [0.15, 0.2) is 5.76 Å². The highest BCUT2D eigenvalue weighted by atomic mass is 19.1. The largest absolute Gasteiger partial charge is 0.463 e. The van der Waals surface area contributed by atoms with Crippen molar-refractivity contribution >= 4 is 5.91 Å². The van der Waals surface area contributed by atoms with Crippen LogP contribution in [-0.2, 0) is 11.3 Å². The molecule has 1 atom stereocenters. The van der Waals surface area contributed by atoms with Crippen molar-refractivity contribution in [2.75, 3.05) is 6.54 Å². The van der Waals surface area contributed by atoms with Crippen LogP contribution in [0.5, 0.6) is 0 Å². The van der Waals surface area contributed by atoms with Gasteiger partial charge in [-0.15, -0.1) is 0 Å². The zero-order valence-electron chi connectivity index (χ0n) is 17.6. The smallest absolute Gasteiger partial charge is 0.267 e. The Morgan fingerprint density at radius 3 is 2.45 bits per heavy atom. The van der Waals surface area contributed by atoms with E-state index in [9.17, 15) is 18.8 Å². The minimum atomic E-state index is -0.886. The van der Waals surface area contributed by atoms with E-state index in [1.807, 2.05) is 0 Å². The van der Waals surface area contributed by atoms with Crippen LogP contribution < -0.4 is 16.4 Å². The molecular formula is C23H20FN5O4. The van der Waals surface area contributed by atoms with Gasteiger partial charge in [0, 0.05) is 24.2 Å². The number of nitrogens with zero attached hydrogens (tertiary/aromatic N) is 4. The first-order chi connectivity index (χ1) is 15.9. The number of furan rings is 1. The number of amides is 1. The van der Waals surface area contributed by atoms with Crippen LogP contribution in [0.25, 0.3) is 22.7 Å². The third-order valence-electron chi connectivity index (χ3n) is 4.97. The molecule has 33 heavy (non-hydrogen) atoms. The number of carbonyl (C=O) groups excluding carboxylic acids is 1. The fourth-order valence-corrected chi connectivity index (χ4v) is 3.19. The molecule has 0 bridgehead atoms. The minimum Gasteiger partial charge on any atom is -0.463 e. The fourth-order valence-electron chi connectivity index (χ4n) is 3.19. The van der Waals surface area contributed by atoms with Gasteiger partial charge in [0.1, 0.15) is 17.6 Å². The van der Waals surface area contributed by atoms with E-state index >= 15 is 0 Å². The molecule has 0 saturated carbocycles. The molecule has 9 nitrogen and oxygen atoms in total. The zero-order chi connectivity index (χ0) is 23.4. The highest BCUT2D eigenvalue weighted by Crippen LogP contribution is 2.17. The molecule has 0 radical (unpaired) electrons. The molecule has 4 rings (SSSR count). The van der Waals surface area contributed by atoms with Crippen LogP contribution in [0.4, 0.5) is 4.39 Å². The molecule has 4 aromatic rings. The predicted molar refractivity (Wildman–Crippen MR) is 118 cm³/mol.